The molecule has 0 aromatic heterocycles. The van der Waals surface area contributed by atoms with Crippen LogP contribution in [0.5, 0.6) is 0 Å². The average Bonchev–Trinajstić information content (AvgIpc) is 2.82. The number of amides is 4. The molecule has 0 aliphatic carbocycles. The number of hydrogen-bond acceptors (Lipinski definition) is 3. The highest BCUT2D eigenvalue weighted by atomic mass is 16.2. The molecule has 1 aromatic rings. The quantitative estimate of drug-likeness (QED) is 0.518. The molecule has 4 amide bonds. The monoisotopic (exact) mass is 387 g/mol. The Balaban J connectivity index is 2.03. The molecule has 0 bridgehead atoms. The highest BCUT2D eigenvalue weighted by Gasteiger charge is 2.47. The molecular weight excluding hydrogens is 354 g/mol. The molecule has 1 fully saturated rings. The standard InChI is InChI=1S/C22H33N3O3/c1-6-7-8-11-14-22(5)19(27)25(20(28)24-22)15-18(26)23-17-13-10-9-12-16(17)21(2,3)4/h9-10,12-13H,6-8,11,14-15H2,1-5H3,(H,23,26)(H,24,28). The van der Waals surface area contributed by atoms with E-state index in [2.05, 4.69) is 38.3 Å². The summed E-state index contributed by atoms with van der Waals surface area (Å²) in [5.41, 5.74) is 0.645. The molecular formula is C22H33N3O3. The van der Waals surface area contributed by atoms with E-state index >= 15 is 0 Å². The van der Waals surface area contributed by atoms with E-state index in [9.17, 15) is 14.4 Å². The van der Waals surface area contributed by atoms with Crippen LogP contribution in [-0.4, -0.2) is 34.8 Å². The normalized spacial score (nSPS) is 19.7. The van der Waals surface area contributed by atoms with E-state index in [1.807, 2.05) is 24.3 Å². The fourth-order valence-electron chi connectivity index (χ4n) is 3.54. The number of nitrogens with one attached hydrogen (secondary N) is 2. The lowest BCUT2D eigenvalue weighted by atomic mass is 9.86. The van der Waals surface area contributed by atoms with E-state index in [-0.39, 0.29) is 23.8 Å². The second-order valence-electron chi connectivity index (χ2n) is 8.81. The largest absolute Gasteiger partial charge is 0.325 e. The Kier molecular flexibility index (Phi) is 6.86. The van der Waals surface area contributed by atoms with Gasteiger partial charge in [-0.1, -0.05) is 71.6 Å². The molecule has 1 saturated heterocycles. The van der Waals surface area contributed by atoms with Gasteiger partial charge in [-0.2, -0.15) is 0 Å². The van der Waals surface area contributed by atoms with Crippen LogP contribution in [0.4, 0.5) is 10.5 Å². The number of benzene rings is 1. The van der Waals surface area contributed by atoms with Gasteiger partial charge in [0, 0.05) is 5.69 Å². The van der Waals surface area contributed by atoms with Crippen LogP contribution < -0.4 is 10.6 Å². The van der Waals surface area contributed by atoms with Crippen LogP contribution in [0, 0.1) is 0 Å². The maximum absolute atomic E-state index is 12.8. The summed E-state index contributed by atoms with van der Waals surface area (Å²) in [5.74, 6) is -0.705. The second-order valence-corrected chi connectivity index (χ2v) is 8.81. The summed E-state index contributed by atoms with van der Waals surface area (Å²) in [5, 5.41) is 5.63. The minimum atomic E-state index is -0.922. The average molecular weight is 388 g/mol. The molecule has 6 nitrogen and oxygen atoms in total. The molecule has 1 aromatic carbocycles. The van der Waals surface area contributed by atoms with Crippen LogP contribution in [0.15, 0.2) is 24.3 Å². The minimum Gasteiger partial charge on any atom is -0.324 e. The van der Waals surface area contributed by atoms with E-state index in [4.69, 9.17) is 0 Å². The van der Waals surface area contributed by atoms with Crippen molar-refractivity contribution < 1.29 is 14.4 Å². The number of carbonyl (C=O) groups excluding carboxylic acids is 3. The predicted octanol–water partition coefficient (Wildman–Crippen LogP) is 4.20. The lowest BCUT2D eigenvalue weighted by Crippen LogP contribution is -2.44. The molecule has 0 spiro atoms. The fraction of sp³-hybridized carbons (Fsp3) is 0.591. The van der Waals surface area contributed by atoms with E-state index in [1.165, 1.54) is 0 Å². The van der Waals surface area contributed by atoms with Crippen LogP contribution in [0.25, 0.3) is 0 Å². The van der Waals surface area contributed by atoms with E-state index in [0.29, 0.717) is 12.1 Å². The summed E-state index contributed by atoms with van der Waals surface area (Å²) in [7, 11) is 0. The molecule has 1 aliphatic heterocycles. The summed E-state index contributed by atoms with van der Waals surface area (Å²) in [6, 6.07) is 7.09. The maximum atomic E-state index is 12.8. The van der Waals surface area contributed by atoms with Gasteiger partial charge >= 0.3 is 6.03 Å². The summed E-state index contributed by atoms with van der Waals surface area (Å²) in [6.07, 6.45) is 4.70. The van der Waals surface area contributed by atoms with E-state index in [1.54, 1.807) is 6.92 Å². The highest BCUT2D eigenvalue weighted by Crippen LogP contribution is 2.29. The van der Waals surface area contributed by atoms with Crippen molar-refractivity contribution >= 4 is 23.5 Å². The third-order valence-electron chi connectivity index (χ3n) is 5.19. The van der Waals surface area contributed by atoms with Crippen LogP contribution in [0.2, 0.25) is 0 Å². The van der Waals surface area contributed by atoms with Crippen molar-refractivity contribution in [3.63, 3.8) is 0 Å². The molecule has 0 radical (unpaired) electrons. The summed E-state index contributed by atoms with van der Waals surface area (Å²) >= 11 is 0. The van der Waals surface area contributed by atoms with Crippen LogP contribution in [0.1, 0.15) is 72.3 Å². The molecule has 1 unspecified atom stereocenters. The Morgan fingerprint density at radius 1 is 1.14 bits per heavy atom. The second kappa shape index (κ2) is 8.76. The van der Waals surface area contributed by atoms with Crippen molar-refractivity contribution in [3.05, 3.63) is 29.8 Å². The SMILES string of the molecule is CCCCCCC1(C)NC(=O)N(CC(=O)Nc2ccccc2C(C)(C)C)C1=O. The van der Waals surface area contributed by atoms with E-state index < -0.39 is 11.6 Å². The molecule has 1 heterocycles. The number of nitrogens with zero attached hydrogens (tertiary/aromatic N) is 1. The van der Waals surface area contributed by atoms with Gasteiger partial charge in [0.05, 0.1) is 0 Å². The Bertz CT molecular complexity index is 739. The van der Waals surface area contributed by atoms with Gasteiger partial charge in [0.15, 0.2) is 0 Å². The zero-order chi connectivity index (χ0) is 20.9. The lowest BCUT2D eigenvalue weighted by molar-refractivity contribution is -0.133. The molecule has 28 heavy (non-hydrogen) atoms. The van der Waals surface area contributed by atoms with Crippen molar-refractivity contribution in [1.82, 2.24) is 10.2 Å². The maximum Gasteiger partial charge on any atom is 0.325 e. The minimum absolute atomic E-state index is 0.137. The van der Waals surface area contributed by atoms with Crippen molar-refractivity contribution in [2.45, 2.75) is 77.7 Å². The van der Waals surface area contributed by atoms with Gasteiger partial charge in [-0.25, -0.2) is 4.79 Å². The zero-order valence-electron chi connectivity index (χ0n) is 17.7. The number of carbonyl (C=O) groups is 3. The number of imide groups is 1. The summed E-state index contributed by atoms with van der Waals surface area (Å²) in [4.78, 5) is 38.7. The predicted molar refractivity (Wildman–Crippen MR) is 111 cm³/mol. The number of rotatable bonds is 8. The smallest absolute Gasteiger partial charge is 0.324 e. The van der Waals surface area contributed by atoms with Crippen molar-refractivity contribution in [3.8, 4) is 0 Å². The Morgan fingerprint density at radius 3 is 2.46 bits per heavy atom. The first kappa shape index (κ1) is 21.9. The molecule has 1 aliphatic rings. The van der Waals surface area contributed by atoms with Gasteiger partial charge in [-0.15, -0.1) is 0 Å². The van der Waals surface area contributed by atoms with Gasteiger partial charge in [-0.3, -0.25) is 14.5 Å². The van der Waals surface area contributed by atoms with Gasteiger partial charge in [0.25, 0.3) is 5.91 Å². The van der Waals surface area contributed by atoms with Crippen molar-refractivity contribution in [2.75, 3.05) is 11.9 Å². The Morgan fingerprint density at radius 2 is 1.82 bits per heavy atom. The number of hydrogen-bond donors (Lipinski definition) is 2. The third-order valence-corrected chi connectivity index (χ3v) is 5.19. The topological polar surface area (TPSA) is 78.5 Å². The fourth-order valence-corrected chi connectivity index (χ4v) is 3.54. The molecule has 6 heteroatoms. The number of unbranched alkanes of at least 4 members (excludes halogenated alkanes) is 3. The number of para-hydroxylation sites is 1. The summed E-state index contributed by atoms with van der Waals surface area (Å²) in [6.45, 7) is 9.79. The lowest BCUT2D eigenvalue weighted by Gasteiger charge is -2.24. The van der Waals surface area contributed by atoms with Gasteiger partial charge in [-0.05, 0) is 30.4 Å². The van der Waals surface area contributed by atoms with Crippen LogP contribution >= 0.6 is 0 Å². The molecule has 1 atom stereocenters. The zero-order valence-corrected chi connectivity index (χ0v) is 17.7. The first-order valence-electron chi connectivity index (χ1n) is 10.1. The Hall–Kier alpha value is -2.37. The first-order valence-corrected chi connectivity index (χ1v) is 10.1. The molecule has 2 N–H and O–H groups in total. The third kappa shape index (κ3) is 5.12. The molecule has 2 rings (SSSR count). The van der Waals surface area contributed by atoms with Gasteiger partial charge in [0.2, 0.25) is 5.91 Å². The summed E-state index contributed by atoms with van der Waals surface area (Å²) < 4.78 is 0. The molecule has 0 saturated carbocycles. The van der Waals surface area contributed by atoms with E-state index in [0.717, 1.165) is 36.1 Å². The Labute approximate surface area is 168 Å². The van der Waals surface area contributed by atoms with Crippen LogP contribution in [0.3, 0.4) is 0 Å². The molecule has 154 valence electrons. The van der Waals surface area contributed by atoms with Crippen molar-refractivity contribution in [2.24, 2.45) is 0 Å². The van der Waals surface area contributed by atoms with Crippen LogP contribution in [-0.2, 0) is 15.0 Å². The highest BCUT2D eigenvalue weighted by molar-refractivity contribution is 6.10. The number of anilines is 1. The van der Waals surface area contributed by atoms with Crippen molar-refractivity contribution in [1.29, 1.82) is 0 Å². The number of urea groups is 1. The first-order chi connectivity index (χ1) is 13.1. The van der Waals surface area contributed by atoms with Gasteiger partial charge in [0.1, 0.15) is 12.1 Å². The van der Waals surface area contributed by atoms with Gasteiger partial charge < -0.3 is 10.6 Å².